The average Bonchev–Trinajstić information content (AvgIpc) is 2.72. The van der Waals surface area contributed by atoms with Gasteiger partial charge in [0, 0.05) is 32.2 Å². The number of piperazine rings is 1. The average molecular weight is 404 g/mol. The molecular formula is C19H18ClN3O5. The molecule has 1 aliphatic heterocycles. The molecular weight excluding hydrogens is 386 g/mol. The Morgan fingerprint density at radius 1 is 1.04 bits per heavy atom. The SMILES string of the molecule is O=C(OCC(=O)N1CCN(c2ccccc2Cl)CC1)c1ccccc1[N+](=O)[O-]. The standard InChI is InChI=1S/C19H18ClN3O5/c20-15-6-2-4-8-17(15)21-9-11-22(12-10-21)18(24)13-28-19(25)14-5-1-3-7-16(14)23(26)27/h1-8H,9-13H2. The van der Waals surface area contributed by atoms with Gasteiger partial charge in [-0.1, -0.05) is 35.9 Å². The first-order chi connectivity index (χ1) is 13.5. The zero-order valence-corrected chi connectivity index (χ0v) is 15.7. The van der Waals surface area contributed by atoms with Gasteiger partial charge in [0.1, 0.15) is 5.56 Å². The highest BCUT2D eigenvalue weighted by atomic mass is 35.5. The molecule has 2 aromatic rings. The smallest absolute Gasteiger partial charge is 0.345 e. The zero-order chi connectivity index (χ0) is 20.1. The summed E-state index contributed by atoms with van der Waals surface area (Å²) < 4.78 is 5.00. The Morgan fingerprint density at radius 2 is 1.68 bits per heavy atom. The molecule has 1 fully saturated rings. The summed E-state index contributed by atoms with van der Waals surface area (Å²) in [6.45, 7) is 1.68. The molecule has 146 valence electrons. The molecule has 0 spiro atoms. The topological polar surface area (TPSA) is 93.0 Å². The molecule has 0 atom stereocenters. The lowest BCUT2D eigenvalue weighted by Gasteiger charge is -2.36. The third-order valence-electron chi connectivity index (χ3n) is 4.47. The number of carbonyl (C=O) groups is 2. The number of hydrogen-bond acceptors (Lipinski definition) is 6. The van der Waals surface area contributed by atoms with E-state index in [9.17, 15) is 19.7 Å². The van der Waals surface area contributed by atoms with Crippen LogP contribution in [-0.2, 0) is 9.53 Å². The van der Waals surface area contributed by atoms with Gasteiger partial charge in [-0.2, -0.15) is 0 Å². The second-order valence-electron chi connectivity index (χ2n) is 6.17. The number of nitrogens with zero attached hydrogens (tertiary/aromatic N) is 3. The van der Waals surface area contributed by atoms with Crippen molar-refractivity contribution < 1.29 is 19.2 Å². The minimum absolute atomic E-state index is 0.177. The van der Waals surface area contributed by atoms with Crippen molar-refractivity contribution in [1.82, 2.24) is 4.90 Å². The number of rotatable bonds is 5. The van der Waals surface area contributed by atoms with Crippen LogP contribution in [0.15, 0.2) is 48.5 Å². The van der Waals surface area contributed by atoms with Gasteiger partial charge in [-0.15, -0.1) is 0 Å². The highest BCUT2D eigenvalue weighted by Gasteiger charge is 2.25. The fourth-order valence-electron chi connectivity index (χ4n) is 3.01. The van der Waals surface area contributed by atoms with E-state index < -0.39 is 17.5 Å². The molecule has 3 rings (SSSR count). The lowest BCUT2D eigenvalue weighted by Crippen LogP contribution is -2.50. The summed E-state index contributed by atoms with van der Waals surface area (Å²) in [6, 6.07) is 13.0. The Hall–Kier alpha value is -3.13. The van der Waals surface area contributed by atoms with Crippen LogP contribution in [0.3, 0.4) is 0 Å². The van der Waals surface area contributed by atoms with Crippen molar-refractivity contribution in [3.05, 3.63) is 69.2 Å². The number of ether oxygens (including phenoxy) is 1. The molecule has 1 saturated heterocycles. The molecule has 0 N–H and O–H groups in total. The van der Waals surface area contributed by atoms with Gasteiger partial charge in [0.05, 0.1) is 15.6 Å². The summed E-state index contributed by atoms with van der Waals surface area (Å²) >= 11 is 6.21. The van der Waals surface area contributed by atoms with E-state index in [4.69, 9.17) is 16.3 Å². The maximum atomic E-state index is 12.3. The summed E-state index contributed by atoms with van der Waals surface area (Å²) in [5.74, 6) is -1.24. The molecule has 0 saturated carbocycles. The summed E-state index contributed by atoms with van der Waals surface area (Å²) in [6.07, 6.45) is 0. The van der Waals surface area contributed by atoms with Crippen LogP contribution in [0.25, 0.3) is 0 Å². The van der Waals surface area contributed by atoms with Crippen LogP contribution in [0.2, 0.25) is 5.02 Å². The molecule has 1 aliphatic rings. The van der Waals surface area contributed by atoms with Crippen LogP contribution in [0.1, 0.15) is 10.4 Å². The van der Waals surface area contributed by atoms with Gasteiger partial charge in [-0.25, -0.2) is 4.79 Å². The third-order valence-corrected chi connectivity index (χ3v) is 4.79. The van der Waals surface area contributed by atoms with E-state index >= 15 is 0 Å². The van der Waals surface area contributed by atoms with Crippen molar-refractivity contribution in [2.75, 3.05) is 37.7 Å². The number of benzene rings is 2. The van der Waals surface area contributed by atoms with E-state index in [-0.39, 0.29) is 17.2 Å². The Bertz CT molecular complexity index is 897. The van der Waals surface area contributed by atoms with Crippen molar-refractivity contribution in [3.63, 3.8) is 0 Å². The number of nitro groups is 1. The van der Waals surface area contributed by atoms with Crippen LogP contribution in [0, 0.1) is 10.1 Å². The molecule has 1 amide bonds. The van der Waals surface area contributed by atoms with Gasteiger partial charge >= 0.3 is 5.97 Å². The zero-order valence-electron chi connectivity index (χ0n) is 14.9. The molecule has 0 radical (unpaired) electrons. The largest absolute Gasteiger partial charge is 0.452 e. The van der Waals surface area contributed by atoms with Gasteiger partial charge < -0.3 is 14.5 Å². The van der Waals surface area contributed by atoms with Gasteiger partial charge in [0.15, 0.2) is 6.61 Å². The number of halogens is 1. The number of esters is 1. The molecule has 2 aromatic carbocycles. The van der Waals surface area contributed by atoms with E-state index in [1.54, 1.807) is 4.90 Å². The Balaban J connectivity index is 1.53. The van der Waals surface area contributed by atoms with Gasteiger partial charge in [0.25, 0.3) is 11.6 Å². The minimum Gasteiger partial charge on any atom is -0.452 e. The molecule has 8 nitrogen and oxygen atoms in total. The maximum absolute atomic E-state index is 12.3. The first-order valence-corrected chi connectivity index (χ1v) is 9.03. The predicted octanol–water partition coefficient (Wildman–Crippen LogP) is 2.75. The fourth-order valence-corrected chi connectivity index (χ4v) is 3.26. The lowest BCUT2D eigenvalue weighted by atomic mass is 10.2. The highest BCUT2D eigenvalue weighted by Crippen LogP contribution is 2.26. The van der Waals surface area contributed by atoms with Crippen molar-refractivity contribution >= 4 is 34.9 Å². The molecule has 0 unspecified atom stereocenters. The number of para-hydroxylation sites is 2. The van der Waals surface area contributed by atoms with E-state index in [0.29, 0.717) is 31.2 Å². The number of nitro benzene ring substituents is 1. The van der Waals surface area contributed by atoms with Gasteiger partial charge in [-0.05, 0) is 18.2 Å². The number of carbonyl (C=O) groups excluding carboxylic acids is 2. The van der Waals surface area contributed by atoms with Crippen LogP contribution in [0.4, 0.5) is 11.4 Å². The quantitative estimate of drug-likeness (QED) is 0.433. The summed E-state index contributed by atoms with van der Waals surface area (Å²) in [4.78, 5) is 38.5. The van der Waals surface area contributed by atoms with E-state index in [0.717, 1.165) is 5.69 Å². The molecule has 0 bridgehead atoms. The van der Waals surface area contributed by atoms with Gasteiger partial charge in [-0.3, -0.25) is 14.9 Å². The monoisotopic (exact) mass is 403 g/mol. The number of amides is 1. The Kier molecular flexibility index (Phi) is 6.10. The second kappa shape index (κ2) is 8.71. The first kappa shape index (κ1) is 19.6. The van der Waals surface area contributed by atoms with E-state index in [2.05, 4.69) is 4.90 Å². The van der Waals surface area contributed by atoms with Crippen molar-refractivity contribution in [3.8, 4) is 0 Å². The number of anilines is 1. The van der Waals surface area contributed by atoms with Crippen LogP contribution >= 0.6 is 11.6 Å². The maximum Gasteiger partial charge on any atom is 0.345 e. The minimum atomic E-state index is -0.893. The summed E-state index contributed by atoms with van der Waals surface area (Å²) in [5, 5.41) is 11.6. The third kappa shape index (κ3) is 4.40. The van der Waals surface area contributed by atoms with Crippen LogP contribution in [-0.4, -0.2) is 54.5 Å². The summed E-state index contributed by atoms with van der Waals surface area (Å²) in [7, 11) is 0. The van der Waals surface area contributed by atoms with Crippen molar-refractivity contribution in [2.45, 2.75) is 0 Å². The van der Waals surface area contributed by atoms with Crippen molar-refractivity contribution in [1.29, 1.82) is 0 Å². The second-order valence-corrected chi connectivity index (χ2v) is 6.58. The first-order valence-electron chi connectivity index (χ1n) is 8.65. The van der Waals surface area contributed by atoms with Crippen LogP contribution in [0.5, 0.6) is 0 Å². The van der Waals surface area contributed by atoms with Crippen molar-refractivity contribution in [2.24, 2.45) is 0 Å². The molecule has 1 heterocycles. The molecule has 9 heteroatoms. The number of hydrogen-bond donors (Lipinski definition) is 0. The Morgan fingerprint density at radius 3 is 2.36 bits per heavy atom. The van der Waals surface area contributed by atoms with E-state index in [1.165, 1.54) is 24.3 Å². The molecule has 0 aromatic heterocycles. The molecule has 0 aliphatic carbocycles. The van der Waals surface area contributed by atoms with E-state index in [1.807, 2.05) is 24.3 Å². The Labute approximate surface area is 166 Å². The summed E-state index contributed by atoms with van der Waals surface area (Å²) in [5.41, 5.74) is 0.385. The van der Waals surface area contributed by atoms with Crippen LogP contribution < -0.4 is 4.90 Å². The van der Waals surface area contributed by atoms with Gasteiger partial charge in [0.2, 0.25) is 0 Å². The molecule has 28 heavy (non-hydrogen) atoms. The highest BCUT2D eigenvalue weighted by molar-refractivity contribution is 6.33. The predicted molar refractivity (Wildman–Crippen MR) is 104 cm³/mol. The fraction of sp³-hybridized carbons (Fsp3) is 0.263. The lowest BCUT2D eigenvalue weighted by molar-refractivity contribution is -0.385. The normalized spacial score (nSPS) is 13.9.